The summed E-state index contributed by atoms with van der Waals surface area (Å²) in [7, 11) is 0. The van der Waals surface area contributed by atoms with Gasteiger partial charge in [0.1, 0.15) is 11.6 Å². The second-order valence-corrected chi connectivity index (χ2v) is 4.52. The summed E-state index contributed by atoms with van der Waals surface area (Å²) in [5.74, 6) is -2.36. The molecule has 0 aliphatic heterocycles. The first kappa shape index (κ1) is 7.49. The molecule has 1 fully saturated rings. The van der Waals surface area contributed by atoms with E-state index in [0.717, 1.165) is 0 Å². The number of nitrogens with zero attached hydrogens (tertiary/aromatic N) is 2. The van der Waals surface area contributed by atoms with Crippen LogP contribution < -0.4 is 11.3 Å². The van der Waals surface area contributed by atoms with Crippen LogP contribution in [0.5, 0.6) is 0 Å². The number of carbonyl (C=O) groups excluding carboxylic acids is 2. The van der Waals surface area contributed by atoms with Crippen molar-refractivity contribution in [3.8, 4) is 0 Å². The van der Waals surface area contributed by atoms with Crippen LogP contribution in [0.2, 0.25) is 0 Å². The Hall–Kier alpha value is -2.50. The standard InChI is InChI=1S/C15H15N3O3/c1-8-17-11-4-2-3-10(16)14(11)15(21)18(8)12-6-5-9(19)7-13(12)20/h2-4,12H,5-7,16H2,1H3/i1D,2D,3D,4D,6D2,12D. The number of nitrogens with two attached hydrogens (primary N) is 1. The molecule has 0 radical (unpaired) electrons. The largest absolute Gasteiger partial charge is 0.398 e. The Morgan fingerprint density at radius 2 is 2.33 bits per heavy atom. The number of rotatable bonds is 1. The fraction of sp³-hybridized carbons (Fsp3) is 0.333. The zero-order chi connectivity index (χ0) is 21.2. The van der Waals surface area contributed by atoms with Gasteiger partial charge in [-0.1, -0.05) is 6.04 Å². The summed E-state index contributed by atoms with van der Waals surface area (Å²) >= 11 is 0. The van der Waals surface area contributed by atoms with Crippen LogP contribution in [0.3, 0.4) is 0 Å². The molecule has 1 atom stereocenters. The molecule has 1 aliphatic rings. The van der Waals surface area contributed by atoms with E-state index in [-0.39, 0.29) is 5.52 Å². The van der Waals surface area contributed by atoms with Crippen LogP contribution >= 0.6 is 0 Å². The third kappa shape index (κ3) is 2.12. The van der Waals surface area contributed by atoms with Crippen molar-refractivity contribution in [3.63, 3.8) is 0 Å². The molecule has 1 unspecified atom stereocenters. The van der Waals surface area contributed by atoms with Gasteiger partial charge in [0.25, 0.3) is 5.56 Å². The number of ketones is 2. The van der Waals surface area contributed by atoms with Gasteiger partial charge in [0.2, 0.25) is 0 Å². The van der Waals surface area contributed by atoms with Crippen molar-refractivity contribution in [2.75, 3.05) is 5.73 Å². The summed E-state index contributed by atoms with van der Waals surface area (Å²) in [4.78, 5) is 41.3. The molecule has 3 rings (SSSR count). The minimum Gasteiger partial charge on any atom is -0.398 e. The van der Waals surface area contributed by atoms with E-state index < -0.39 is 84.3 Å². The lowest BCUT2D eigenvalue weighted by molar-refractivity contribution is -0.132. The number of Topliss-reactive ketones (excluding diaryl/α,β-unsaturated/α-hetero) is 2. The van der Waals surface area contributed by atoms with Crippen molar-refractivity contribution in [2.24, 2.45) is 0 Å². The van der Waals surface area contributed by atoms with Gasteiger partial charge in [0.05, 0.1) is 28.8 Å². The van der Waals surface area contributed by atoms with E-state index in [9.17, 15) is 14.4 Å². The summed E-state index contributed by atoms with van der Waals surface area (Å²) in [5, 5.41) is -0.504. The van der Waals surface area contributed by atoms with Gasteiger partial charge in [-0.2, -0.15) is 0 Å². The summed E-state index contributed by atoms with van der Waals surface area (Å²) in [6, 6.07) is -4.65. The van der Waals surface area contributed by atoms with Gasteiger partial charge < -0.3 is 5.73 Å². The van der Waals surface area contributed by atoms with E-state index in [0.29, 0.717) is 4.57 Å². The molecule has 21 heavy (non-hydrogen) atoms. The van der Waals surface area contributed by atoms with Crippen LogP contribution in [0.25, 0.3) is 10.9 Å². The van der Waals surface area contributed by atoms with Gasteiger partial charge in [-0.15, -0.1) is 0 Å². The normalized spacial score (nSPS) is 29.8. The van der Waals surface area contributed by atoms with Gasteiger partial charge in [0.15, 0.2) is 5.78 Å². The Balaban J connectivity index is 2.52. The number of aryl methyl sites for hydroxylation is 1. The second-order valence-electron chi connectivity index (χ2n) is 4.52. The zero-order valence-corrected chi connectivity index (χ0v) is 10.8. The Morgan fingerprint density at radius 3 is 3.05 bits per heavy atom. The van der Waals surface area contributed by atoms with Crippen molar-refractivity contribution in [2.45, 2.75) is 32.1 Å². The molecule has 0 saturated heterocycles. The van der Waals surface area contributed by atoms with Crippen molar-refractivity contribution >= 4 is 28.2 Å². The van der Waals surface area contributed by atoms with Crippen LogP contribution in [-0.4, -0.2) is 21.1 Å². The highest BCUT2D eigenvalue weighted by Gasteiger charge is 2.30. The SMILES string of the molecule is [2H]Cc1nc2c([2H])c([2H])c([2H])c(N)c2c(=O)n1C1([2H])C(=O)CC(=O)CC1([2H])[2H]. The van der Waals surface area contributed by atoms with E-state index in [4.69, 9.17) is 15.3 Å². The Morgan fingerprint density at radius 1 is 1.52 bits per heavy atom. The molecular formula is C15H15N3O3. The molecule has 6 heteroatoms. The lowest BCUT2D eigenvalue weighted by Crippen LogP contribution is -2.36. The average molecular weight is 292 g/mol. The highest BCUT2D eigenvalue weighted by molar-refractivity contribution is 6.03. The number of nitrogen functional groups attached to an aromatic ring is 1. The van der Waals surface area contributed by atoms with Crippen molar-refractivity contribution in [1.82, 2.24) is 9.55 Å². The first-order valence-electron chi connectivity index (χ1n) is 9.74. The van der Waals surface area contributed by atoms with Gasteiger partial charge >= 0.3 is 0 Å². The lowest BCUT2D eigenvalue weighted by Gasteiger charge is -2.24. The molecular weight excluding hydrogens is 270 g/mol. The average Bonchev–Trinajstić information content (AvgIpc) is 2.61. The minimum absolute atomic E-state index is 0.370. The maximum Gasteiger partial charge on any atom is 0.264 e. The Bertz CT molecular complexity index is 1110. The smallest absolute Gasteiger partial charge is 0.264 e. The van der Waals surface area contributed by atoms with Crippen molar-refractivity contribution in [3.05, 3.63) is 34.3 Å². The summed E-state index contributed by atoms with van der Waals surface area (Å²) in [6.07, 6.45) is -4.29. The van der Waals surface area contributed by atoms with Crippen LogP contribution in [-0.2, 0) is 9.59 Å². The minimum atomic E-state index is -2.87. The first-order chi connectivity index (χ1) is 12.9. The molecule has 108 valence electrons. The highest BCUT2D eigenvalue weighted by Crippen LogP contribution is 2.24. The summed E-state index contributed by atoms with van der Waals surface area (Å²) in [5.41, 5.74) is 3.72. The van der Waals surface area contributed by atoms with Gasteiger partial charge in [-0.05, 0) is 25.4 Å². The number of benzene rings is 1. The number of fused-ring (bicyclic) bond motifs is 1. The fourth-order valence-electron chi connectivity index (χ4n) is 2.16. The summed E-state index contributed by atoms with van der Waals surface area (Å²) in [6.45, 7) is -0.738. The van der Waals surface area contributed by atoms with E-state index in [1.165, 1.54) is 0 Å². The Kier molecular flexibility index (Phi) is 1.71. The topological polar surface area (TPSA) is 95.0 Å². The zero-order valence-electron chi connectivity index (χ0n) is 17.8. The van der Waals surface area contributed by atoms with E-state index >= 15 is 0 Å². The molecule has 1 heterocycles. The summed E-state index contributed by atoms with van der Waals surface area (Å²) < 4.78 is 56.2. The van der Waals surface area contributed by atoms with Gasteiger partial charge in [-0.3, -0.25) is 19.0 Å². The quantitative estimate of drug-likeness (QED) is 0.628. The molecule has 0 spiro atoms. The molecule has 6 nitrogen and oxygen atoms in total. The number of anilines is 1. The molecule has 1 aliphatic carbocycles. The maximum absolute atomic E-state index is 13.2. The second kappa shape index (κ2) is 4.80. The van der Waals surface area contributed by atoms with Crippen LogP contribution in [0.1, 0.15) is 40.7 Å². The van der Waals surface area contributed by atoms with Crippen LogP contribution in [0.4, 0.5) is 5.69 Å². The molecule has 1 aromatic carbocycles. The number of hydrogen-bond acceptors (Lipinski definition) is 5. The molecule has 0 amide bonds. The molecule has 2 N–H and O–H groups in total. The monoisotopic (exact) mass is 292 g/mol. The fourth-order valence-corrected chi connectivity index (χ4v) is 2.16. The molecule has 2 aromatic rings. The number of aromatic nitrogens is 2. The van der Waals surface area contributed by atoms with Crippen LogP contribution in [0, 0.1) is 6.90 Å². The van der Waals surface area contributed by atoms with E-state index in [1.54, 1.807) is 0 Å². The third-order valence-corrected chi connectivity index (χ3v) is 3.10. The molecule has 0 bridgehead atoms. The number of carbonyl (C=O) groups is 2. The van der Waals surface area contributed by atoms with Gasteiger partial charge in [-0.25, -0.2) is 4.98 Å². The van der Waals surface area contributed by atoms with E-state index in [2.05, 4.69) is 4.98 Å². The molecule has 1 aromatic heterocycles. The predicted octanol–water partition coefficient (Wildman–Crippen LogP) is 1.15. The number of hydrogen-bond donors (Lipinski definition) is 1. The Labute approximate surface area is 130 Å². The lowest BCUT2D eigenvalue weighted by atomic mass is 9.92. The van der Waals surface area contributed by atoms with Gasteiger partial charge in [0, 0.05) is 16.2 Å². The highest BCUT2D eigenvalue weighted by atomic mass is 16.2. The predicted molar refractivity (Wildman–Crippen MR) is 78.1 cm³/mol. The molecule has 1 saturated carbocycles. The van der Waals surface area contributed by atoms with Crippen molar-refractivity contribution in [1.29, 1.82) is 0 Å². The maximum atomic E-state index is 13.2. The van der Waals surface area contributed by atoms with E-state index in [1.807, 2.05) is 0 Å². The first-order valence-corrected chi connectivity index (χ1v) is 6.04. The van der Waals surface area contributed by atoms with Crippen LogP contribution in [0.15, 0.2) is 22.9 Å². The van der Waals surface area contributed by atoms with Crippen molar-refractivity contribution < 1.29 is 19.2 Å². The third-order valence-electron chi connectivity index (χ3n) is 3.10.